The number of hydrogen-bond donors (Lipinski definition) is 1. The lowest BCUT2D eigenvalue weighted by Gasteiger charge is -2.36. The zero-order valence-electron chi connectivity index (χ0n) is 16.1. The highest BCUT2D eigenvalue weighted by atomic mass is 35.5. The number of rotatable bonds is 5. The Morgan fingerprint density at radius 3 is 2.57 bits per heavy atom. The number of nitrogens with one attached hydrogen (secondary N) is 1. The van der Waals surface area contributed by atoms with Crippen molar-refractivity contribution in [2.24, 2.45) is 0 Å². The number of benzene rings is 2. The summed E-state index contributed by atoms with van der Waals surface area (Å²) in [6.07, 6.45) is 0.931. The number of nitrogens with zero attached hydrogens (tertiary/aromatic N) is 1. The molecule has 1 heterocycles. The van der Waals surface area contributed by atoms with Gasteiger partial charge in [-0.2, -0.15) is 0 Å². The smallest absolute Gasteiger partial charge is 0.226 e. The molecule has 148 valence electrons. The number of carbonyl (C=O) groups excluding carboxylic acids is 2. The lowest BCUT2D eigenvalue weighted by Crippen LogP contribution is -2.40. The molecule has 0 radical (unpaired) electrons. The lowest BCUT2D eigenvalue weighted by molar-refractivity contribution is -0.132. The molecule has 1 aliphatic rings. The minimum Gasteiger partial charge on any atom is -0.495 e. The van der Waals surface area contributed by atoms with Crippen LogP contribution in [0, 0.1) is 0 Å². The van der Waals surface area contributed by atoms with Gasteiger partial charge >= 0.3 is 0 Å². The number of ether oxygens (including phenoxy) is 2. The van der Waals surface area contributed by atoms with E-state index in [4.69, 9.17) is 21.1 Å². The molecule has 2 amide bonds. The number of fused-ring (bicyclic) bond motifs is 1. The van der Waals surface area contributed by atoms with Crippen molar-refractivity contribution in [2.45, 2.75) is 25.8 Å². The molecule has 0 fully saturated rings. The Hall–Kier alpha value is -2.73. The molecular formula is C21H23ClN2O4. The van der Waals surface area contributed by atoms with E-state index in [1.54, 1.807) is 17.0 Å². The summed E-state index contributed by atoms with van der Waals surface area (Å²) in [5.74, 6) is 0.603. The zero-order valence-corrected chi connectivity index (χ0v) is 16.9. The molecule has 6 nitrogen and oxygen atoms in total. The van der Waals surface area contributed by atoms with Crippen molar-refractivity contribution in [3.8, 4) is 11.5 Å². The van der Waals surface area contributed by atoms with Gasteiger partial charge in [0.05, 0.1) is 37.4 Å². The third-order valence-electron chi connectivity index (χ3n) is 4.94. The van der Waals surface area contributed by atoms with Gasteiger partial charge in [0.1, 0.15) is 11.5 Å². The van der Waals surface area contributed by atoms with Gasteiger partial charge < -0.3 is 19.7 Å². The highest BCUT2D eigenvalue weighted by Gasteiger charge is 2.30. The van der Waals surface area contributed by atoms with Crippen molar-refractivity contribution >= 4 is 29.1 Å². The molecular weight excluding hydrogens is 380 g/mol. The maximum absolute atomic E-state index is 12.8. The maximum atomic E-state index is 12.8. The van der Waals surface area contributed by atoms with Crippen LogP contribution in [-0.2, 0) is 16.0 Å². The van der Waals surface area contributed by atoms with E-state index in [0.717, 1.165) is 12.0 Å². The van der Waals surface area contributed by atoms with Crippen LogP contribution >= 0.6 is 11.6 Å². The van der Waals surface area contributed by atoms with Gasteiger partial charge in [-0.15, -0.1) is 0 Å². The van der Waals surface area contributed by atoms with E-state index in [9.17, 15) is 9.59 Å². The molecule has 2 aromatic carbocycles. The molecule has 1 unspecified atom stereocenters. The van der Waals surface area contributed by atoms with E-state index in [2.05, 4.69) is 5.32 Å². The molecule has 7 heteroatoms. The first kappa shape index (κ1) is 20.0. The Morgan fingerprint density at radius 2 is 1.89 bits per heavy atom. The average Bonchev–Trinajstić information content (AvgIpc) is 2.68. The van der Waals surface area contributed by atoms with Gasteiger partial charge in [-0.05, 0) is 17.5 Å². The normalized spacial score (nSPS) is 15.6. The fourth-order valence-electron chi connectivity index (χ4n) is 3.58. The van der Waals surface area contributed by atoms with Gasteiger partial charge in [0.2, 0.25) is 11.8 Å². The molecule has 1 atom stereocenters. The monoisotopic (exact) mass is 402 g/mol. The van der Waals surface area contributed by atoms with E-state index < -0.39 is 0 Å². The maximum Gasteiger partial charge on any atom is 0.226 e. The van der Waals surface area contributed by atoms with Gasteiger partial charge in [-0.3, -0.25) is 9.59 Å². The SMILES string of the molecule is COc1cc(NC(=O)CC2c3ccccc3CCN2C(C)=O)c(OC)cc1Cl. The summed E-state index contributed by atoms with van der Waals surface area (Å²) in [6, 6.07) is 10.8. The molecule has 28 heavy (non-hydrogen) atoms. The number of hydrogen-bond acceptors (Lipinski definition) is 4. The Kier molecular flexibility index (Phi) is 6.09. The van der Waals surface area contributed by atoms with Crippen LogP contribution in [0.3, 0.4) is 0 Å². The fourth-order valence-corrected chi connectivity index (χ4v) is 3.81. The van der Waals surface area contributed by atoms with Crippen LogP contribution in [0.4, 0.5) is 5.69 Å². The van der Waals surface area contributed by atoms with Crippen molar-refractivity contribution in [2.75, 3.05) is 26.1 Å². The van der Waals surface area contributed by atoms with Crippen molar-refractivity contribution in [3.05, 3.63) is 52.5 Å². The van der Waals surface area contributed by atoms with Crippen LogP contribution < -0.4 is 14.8 Å². The summed E-state index contributed by atoms with van der Waals surface area (Å²) < 4.78 is 10.5. The molecule has 0 aromatic heterocycles. The van der Waals surface area contributed by atoms with Crippen molar-refractivity contribution < 1.29 is 19.1 Å². The first-order valence-corrected chi connectivity index (χ1v) is 9.38. The van der Waals surface area contributed by atoms with Crippen molar-refractivity contribution in [3.63, 3.8) is 0 Å². The van der Waals surface area contributed by atoms with Crippen molar-refractivity contribution in [1.29, 1.82) is 0 Å². The third kappa shape index (κ3) is 4.07. The molecule has 0 spiro atoms. The third-order valence-corrected chi connectivity index (χ3v) is 5.24. The van der Waals surface area contributed by atoms with Crippen LogP contribution in [0.15, 0.2) is 36.4 Å². The standard InChI is InChI=1S/C21H23ClN2O4/c1-13(25)24-9-8-14-6-4-5-7-15(14)18(24)12-21(26)23-17-11-19(27-2)16(22)10-20(17)28-3/h4-7,10-11,18H,8-9,12H2,1-3H3,(H,23,26). The molecule has 3 rings (SSSR count). The average molecular weight is 403 g/mol. The second-order valence-corrected chi connectivity index (χ2v) is 7.02. The quantitative estimate of drug-likeness (QED) is 0.825. The Morgan fingerprint density at radius 1 is 1.18 bits per heavy atom. The van der Waals surface area contributed by atoms with Crippen LogP contribution in [0.1, 0.15) is 30.5 Å². The molecule has 2 aromatic rings. The Bertz CT molecular complexity index is 900. The topological polar surface area (TPSA) is 67.9 Å². The molecule has 1 N–H and O–H groups in total. The number of anilines is 1. The number of amides is 2. The summed E-state index contributed by atoms with van der Waals surface area (Å²) in [7, 11) is 3.01. The second-order valence-electron chi connectivity index (χ2n) is 6.62. The second kappa shape index (κ2) is 8.52. The van der Waals surface area contributed by atoms with Crippen LogP contribution in [-0.4, -0.2) is 37.5 Å². The van der Waals surface area contributed by atoms with Gasteiger partial charge in [0, 0.05) is 25.6 Å². The van der Waals surface area contributed by atoms with E-state index in [1.165, 1.54) is 26.7 Å². The van der Waals surface area contributed by atoms with E-state index in [0.29, 0.717) is 28.8 Å². The molecule has 0 saturated heterocycles. The van der Waals surface area contributed by atoms with Gasteiger partial charge in [-0.1, -0.05) is 35.9 Å². The summed E-state index contributed by atoms with van der Waals surface area (Å²) in [5.41, 5.74) is 2.65. The lowest BCUT2D eigenvalue weighted by atomic mass is 9.90. The molecule has 1 aliphatic heterocycles. The number of carbonyl (C=O) groups is 2. The number of halogens is 1. The predicted octanol–water partition coefficient (Wildman–Crippen LogP) is 3.83. The summed E-state index contributed by atoms with van der Waals surface area (Å²) in [5, 5.41) is 3.25. The highest BCUT2D eigenvalue weighted by Crippen LogP contribution is 2.37. The highest BCUT2D eigenvalue weighted by molar-refractivity contribution is 6.32. The summed E-state index contributed by atoms with van der Waals surface area (Å²) in [6.45, 7) is 2.13. The minimum atomic E-state index is -0.303. The van der Waals surface area contributed by atoms with E-state index >= 15 is 0 Å². The molecule has 0 saturated carbocycles. The van der Waals surface area contributed by atoms with Gasteiger partial charge in [0.25, 0.3) is 0 Å². The molecule has 0 bridgehead atoms. The Balaban J connectivity index is 1.85. The molecule has 0 aliphatic carbocycles. The van der Waals surface area contributed by atoms with Gasteiger partial charge in [-0.25, -0.2) is 0 Å². The van der Waals surface area contributed by atoms with Crippen molar-refractivity contribution in [1.82, 2.24) is 4.90 Å². The van der Waals surface area contributed by atoms with Crippen LogP contribution in [0.2, 0.25) is 5.02 Å². The fraction of sp³-hybridized carbons (Fsp3) is 0.333. The largest absolute Gasteiger partial charge is 0.495 e. The summed E-state index contributed by atoms with van der Waals surface area (Å²) in [4.78, 5) is 26.7. The summed E-state index contributed by atoms with van der Waals surface area (Å²) >= 11 is 6.12. The first-order valence-electron chi connectivity index (χ1n) is 9.01. The van der Waals surface area contributed by atoms with Gasteiger partial charge in [0.15, 0.2) is 0 Å². The van der Waals surface area contributed by atoms with Crippen LogP contribution in [0.5, 0.6) is 11.5 Å². The minimum absolute atomic E-state index is 0.0435. The predicted molar refractivity (Wildman–Crippen MR) is 108 cm³/mol. The van der Waals surface area contributed by atoms with Crippen LogP contribution in [0.25, 0.3) is 0 Å². The van der Waals surface area contributed by atoms with E-state index in [1.807, 2.05) is 24.3 Å². The first-order chi connectivity index (χ1) is 13.4. The number of methoxy groups -OCH3 is 2. The Labute approximate surface area is 169 Å². The zero-order chi connectivity index (χ0) is 20.3. The van der Waals surface area contributed by atoms with E-state index in [-0.39, 0.29) is 24.3 Å².